The average molecular weight is 288 g/mol. The van der Waals surface area contributed by atoms with Crippen LogP contribution in [0.4, 0.5) is 5.69 Å². The molecular formula is C16H20N2OS. The van der Waals surface area contributed by atoms with Gasteiger partial charge >= 0.3 is 0 Å². The fourth-order valence-corrected chi connectivity index (χ4v) is 2.78. The van der Waals surface area contributed by atoms with E-state index < -0.39 is 0 Å². The van der Waals surface area contributed by atoms with Gasteiger partial charge in [0.1, 0.15) is 0 Å². The molecule has 0 unspecified atom stereocenters. The van der Waals surface area contributed by atoms with E-state index in [1.807, 2.05) is 29.6 Å². The number of aryl methyl sites for hydroxylation is 1. The zero-order valence-electron chi connectivity index (χ0n) is 11.9. The molecular weight excluding hydrogens is 268 g/mol. The van der Waals surface area contributed by atoms with Crippen LogP contribution in [0, 0.1) is 6.92 Å². The third kappa shape index (κ3) is 3.61. The van der Waals surface area contributed by atoms with Crippen molar-refractivity contribution in [1.82, 2.24) is 5.32 Å². The first-order valence-corrected chi connectivity index (χ1v) is 7.74. The van der Waals surface area contributed by atoms with E-state index in [0.29, 0.717) is 12.1 Å². The van der Waals surface area contributed by atoms with Crippen LogP contribution in [0.5, 0.6) is 0 Å². The van der Waals surface area contributed by atoms with Gasteiger partial charge in [0.05, 0.1) is 12.1 Å². The molecule has 0 saturated heterocycles. The number of carbonyl (C=O) groups is 1. The van der Waals surface area contributed by atoms with Crippen molar-refractivity contribution in [1.29, 1.82) is 0 Å². The molecule has 20 heavy (non-hydrogen) atoms. The summed E-state index contributed by atoms with van der Waals surface area (Å²) in [5.74, 6) is -0.0306. The van der Waals surface area contributed by atoms with E-state index in [0.717, 1.165) is 18.7 Å². The molecule has 0 bridgehead atoms. The minimum absolute atomic E-state index is 0.0306. The van der Waals surface area contributed by atoms with Crippen LogP contribution in [-0.4, -0.2) is 12.5 Å². The van der Waals surface area contributed by atoms with E-state index in [4.69, 9.17) is 0 Å². The zero-order chi connectivity index (χ0) is 14.4. The number of carbonyl (C=O) groups excluding carboxylic acids is 1. The monoisotopic (exact) mass is 288 g/mol. The quantitative estimate of drug-likeness (QED) is 0.848. The molecule has 2 N–H and O–H groups in total. The van der Waals surface area contributed by atoms with Gasteiger partial charge in [-0.1, -0.05) is 19.1 Å². The van der Waals surface area contributed by atoms with Crippen LogP contribution in [0.3, 0.4) is 0 Å². The van der Waals surface area contributed by atoms with E-state index >= 15 is 0 Å². The van der Waals surface area contributed by atoms with Gasteiger partial charge in [-0.3, -0.25) is 4.79 Å². The molecule has 0 radical (unpaired) electrons. The average Bonchev–Trinajstić information content (AvgIpc) is 2.88. The Labute approximate surface area is 124 Å². The van der Waals surface area contributed by atoms with Crippen LogP contribution in [0.25, 0.3) is 0 Å². The molecule has 1 heterocycles. The Bertz CT molecular complexity index is 577. The Balaban J connectivity index is 2.03. The maximum absolute atomic E-state index is 12.3. The van der Waals surface area contributed by atoms with Crippen LogP contribution in [0.1, 0.15) is 34.1 Å². The molecule has 4 heteroatoms. The molecule has 0 fully saturated rings. The van der Waals surface area contributed by atoms with Crippen LogP contribution in [0.15, 0.2) is 35.7 Å². The minimum Gasteiger partial charge on any atom is -0.384 e. The second kappa shape index (κ2) is 7.10. The van der Waals surface area contributed by atoms with Crippen LogP contribution in [0.2, 0.25) is 0 Å². The lowest BCUT2D eigenvalue weighted by molar-refractivity contribution is 0.0952. The first kappa shape index (κ1) is 14.6. The SMILES string of the molecule is CCCNc1ccccc1C(=O)NCc1sccc1C. The van der Waals surface area contributed by atoms with Crippen LogP contribution in [-0.2, 0) is 6.54 Å². The second-order valence-electron chi connectivity index (χ2n) is 4.68. The van der Waals surface area contributed by atoms with E-state index in [1.165, 1.54) is 10.4 Å². The number of benzene rings is 1. The lowest BCUT2D eigenvalue weighted by atomic mass is 10.1. The molecule has 0 aliphatic rings. The molecule has 1 aromatic heterocycles. The number of anilines is 1. The van der Waals surface area contributed by atoms with Crippen molar-refractivity contribution < 1.29 is 4.79 Å². The Hall–Kier alpha value is -1.81. The van der Waals surface area contributed by atoms with E-state index in [2.05, 4.69) is 30.5 Å². The van der Waals surface area contributed by atoms with Crippen molar-refractivity contribution in [2.45, 2.75) is 26.8 Å². The van der Waals surface area contributed by atoms with E-state index in [1.54, 1.807) is 11.3 Å². The van der Waals surface area contributed by atoms with Crippen molar-refractivity contribution in [2.75, 3.05) is 11.9 Å². The summed E-state index contributed by atoms with van der Waals surface area (Å²) in [5, 5.41) is 8.33. The summed E-state index contributed by atoms with van der Waals surface area (Å²) in [7, 11) is 0. The van der Waals surface area contributed by atoms with Crippen LogP contribution < -0.4 is 10.6 Å². The highest BCUT2D eigenvalue weighted by Crippen LogP contribution is 2.17. The Morgan fingerprint density at radius 3 is 2.75 bits per heavy atom. The fraction of sp³-hybridized carbons (Fsp3) is 0.312. The van der Waals surface area contributed by atoms with Crippen molar-refractivity contribution in [3.05, 3.63) is 51.7 Å². The Kier molecular flexibility index (Phi) is 5.18. The van der Waals surface area contributed by atoms with Gasteiger partial charge in [-0.15, -0.1) is 11.3 Å². The molecule has 1 amide bonds. The molecule has 0 spiro atoms. The van der Waals surface area contributed by atoms with E-state index in [9.17, 15) is 4.79 Å². The summed E-state index contributed by atoms with van der Waals surface area (Å²) in [4.78, 5) is 13.5. The van der Waals surface area contributed by atoms with Gasteiger partial charge in [0.2, 0.25) is 0 Å². The number of rotatable bonds is 6. The maximum Gasteiger partial charge on any atom is 0.253 e. The fourth-order valence-electron chi connectivity index (χ4n) is 1.94. The summed E-state index contributed by atoms with van der Waals surface area (Å²) >= 11 is 1.67. The van der Waals surface area contributed by atoms with Crippen molar-refractivity contribution >= 4 is 22.9 Å². The smallest absolute Gasteiger partial charge is 0.253 e. The lowest BCUT2D eigenvalue weighted by Crippen LogP contribution is -2.23. The molecule has 0 aliphatic carbocycles. The molecule has 1 aromatic carbocycles. The molecule has 2 rings (SSSR count). The van der Waals surface area contributed by atoms with Gasteiger partial charge in [-0.05, 0) is 42.5 Å². The van der Waals surface area contributed by atoms with Gasteiger partial charge in [-0.2, -0.15) is 0 Å². The highest BCUT2D eigenvalue weighted by atomic mass is 32.1. The number of amides is 1. The largest absolute Gasteiger partial charge is 0.384 e. The zero-order valence-corrected chi connectivity index (χ0v) is 12.7. The number of hydrogen-bond acceptors (Lipinski definition) is 3. The third-order valence-electron chi connectivity index (χ3n) is 3.11. The van der Waals surface area contributed by atoms with Crippen LogP contribution >= 0.6 is 11.3 Å². The van der Waals surface area contributed by atoms with Gasteiger partial charge in [-0.25, -0.2) is 0 Å². The Morgan fingerprint density at radius 2 is 2.05 bits per heavy atom. The molecule has 0 saturated carbocycles. The van der Waals surface area contributed by atoms with Crippen molar-refractivity contribution in [2.24, 2.45) is 0 Å². The summed E-state index contributed by atoms with van der Waals surface area (Å²) in [6, 6.07) is 9.71. The maximum atomic E-state index is 12.3. The van der Waals surface area contributed by atoms with Crippen molar-refractivity contribution in [3.63, 3.8) is 0 Å². The lowest BCUT2D eigenvalue weighted by Gasteiger charge is -2.11. The minimum atomic E-state index is -0.0306. The van der Waals surface area contributed by atoms with E-state index in [-0.39, 0.29) is 5.91 Å². The van der Waals surface area contributed by atoms with Gasteiger partial charge in [0.15, 0.2) is 0 Å². The highest BCUT2D eigenvalue weighted by molar-refractivity contribution is 7.10. The van der Waals surface area contributed by atoms with Gasteiger partial charge in [0, 0.05) is 17.1 Å². The topological polar surface area (TPSA) is 41.1 Å². The number of nitrogens with one attached hydrogen (secondary N) is 2. The van der Waals surface area contributed by atoms with Gasteiger partial charge in [0.25, 0.3) is 5.91 Å². The third-order valence-corrected chi connectivity index (χ3v) is 4.14. The standard InChI is InChI=1S/C16H20N2OS/c1-3-9-17-14-7-5-4-6-13(14)16(19)18-11-15-12(2)8-10-20-15/h4-8,10,17H,3,9,11H2,1-2H3,(H,18,19). The predicted octanol–water partition coefficient (Wildman–Crippen LogP) is 3.81. The summed E-state index contributed by atoms with van der Waals surface area (Å²) in [6.45, 7) is 5.63. The number of hydrogen-bond donors (Lipinski definition) is 2. The first-order chi connectivity index (χ1) is 9.72. The molecule has 0 atom stereocenters. The summed E-state index contributed by atoms with van der Waals surface area (Å²) in [5.41, 5.74) is 2.83. The summed E-state index contributed by atoms with van der Waals surface area (Å²) < 4.78 is 0. The van der Waals surface area contributed by atoms with Gasteiger partial charge < -0.3 is 10.6 Å². The molecule has 3 nitrogen and oxygen atoms in total. The molecule has 106 valence electrons. The number of para-hydroxylation sites is 1. The highest BCUT2D eigenvalue weighted by Gasteiger charge is 2.10. The second-order valence-corrected chi connectivity index (χ2v) is 5.68. The Morgan fingerprint density at radius 1 is 1.25 bits per heavy atom. The molecule has 2 aromatic rings. The summed E-state index contributed by atoms with van der Waals surface area (Å²) in [6.07, 6.45) is 1.03. The molecule has 0 aliphatic heterocycles. The van der Waals surface area contributed by atoms with Crippen molar-refractivity contribution in [3.8, 4) is 0 Å². The number of thiophene rings is 1. The normalized spacial score (nSPS) is 10.3. The predicted molar refractivity (Wildman–Crippen MR) is 85.4 cm³/mol. The first-order valence-electron chi connectivity index (χ1n) is 6.86.